The quantitative estimate of drug-likeness (QED) is 0.902. The number of halogens is 3. The first-order chi connectivity index (χ1) is 10.6. The van der Waals surface area contributed by atoms with Crippen LogP contribution in [0.1, 0.15) is 28.3 Å². The van der Waals surface area contributed by atoms with E-state index in [2.05, 4.69) is 10.6 Å². The second-order valence-corrected chi connectivity index (χ2v) is 5.36. The average molecular weight is 343 g/mol. The van der Waals surface area contributed by atoms with Gasteiger partial charge in [-0.15, -0.1) is 12.4 Å². The molecule has 1 aromatic heterocycles. The second kappa shape index (κ2) is 7.57. The molecule has 1 aliphatic heterocycles. The van der Waals surface area contributed by atoms with E-state index in [0.717, 1.165) is 19.0 Å². The zero-order valence-electron chi connectivity index (χ0n) is 12.2. The molecule has 1 aliphatic rings. The first-order valence-corrected chi connectivity index (χ1v) is 7.14. The van der Waals surface area contributed by atoms with Crippen molar-refractivity contribution in [1.29, 1.82) is 0 Å². The Hall–Kier alpha value is -1.92. The number of carbonyl (C=O) groups excluding carboxylic acids is 1. The van der Waals surface area contributed by atoms with Gasteiger partial charge in [-0.25, -0.2) is 8.78 Å². The number of nitrogens with one attached hydrogen (secondary N) is 2. The van der Waals surface area contributed by atoms with E-state index < -0.39 is 11.6 Å². The molecule has 7 heteroatoms. The van der Waals surface area contributed by atoms with E-state index in [4.69, 9.17) is 4.42 Å². The molecule has 0 radical (unpaired) electrons. The Kier molecular flexibility index (Phi) is 5.74. The summed E-state index contributed by atoms with van der Waals surface area (Å²) in [6.45, 7) is 1.34. The minimum Gasteiger partial charge on any atom is -0.472 e. The molecule has 2 aromatic rings. The summed E-state index contributed by atoms with van der Waals surface area (Å²) in [7, 11) is 0. The molecule has 2 N–H and O–H groups in total. The maximum absolute atomic E-state index is 13.5. The Labute approximate surface area is 138 Å². The molecule has 2 atom stereocenters. The first kappa shape index (κ1) is 17.4. The van der Waals surface area contributed by atoms with E-state index in [1.165, 1.54) is 18.6 Å². The highest BCUT2D eigenvalue weighted by Gasteiger charge is 2.28. The van der Waals surface area contributed by atoms with Gasteiger partial charge in [-0.3, -0.25) is 4.79 Å². The molecule has 4 nitrogen and oxygen atoms in total. The molecule has 2 heterocycles. The van der Waals surface area contributed by atoms with Gasteiger partial charge in [0.1, 0.15) is 6.26 Å². The molecule has 23 heavy (non-hydrogen) atoms. The van der Waals surface area contributed by atoms with E-state index in [-0.39, 0.29) is 30.3 Å². The molecule has 1 aromatic carbocycles. The predicted octanol–water partition coefficient (Wildman–Crippen LogP) is 2.86. The summed E-state index contributed by atoms with van der Waals surface area (Å²) in [5.74, 6) is -2.03. The number of amides is 1. The average Bonchev–Trinajstić information content (AvgIpc) is 3.05. The van der Waals surface area contributed by atoms with E-state index in [9.17, 15) is 13.6 Å². The topological polar surface area (TPSA) is 54.3 Å². The third-order valence-corrected chi connectivity index (χ3v) is 3.95. The number of benzene rings is 1. The maximum atomic E-state index is 13.5. The van der Waals surface area contributed by atoms with Gasteiger partial charge in [-0.1, -0.05) is 6.07 Å². The van der Waals surface area contributed by atoms with Crippen molar-refractivity contribution in [3.8, 4) is 0 Å². The van der Waals surface area contributed by atoms with Gasteiger partial charge < -0.3 is 15.1 Å². The van der Waals surface area contributed by atoms with E-state index >= 15 is 0 Å². The maximum Gasteiger partial charge on any atom is 0.254 e. The largest absolute Gasteiger partial charge is 0.472 e. The van der Waals surface area contributed by atoms with E-state index in [0.29, 0.717) is 17.7 Å². The fourth-order valence-corrected chi connectivity index (χ4v) is 2.80. The molecule has 2 unspecified atom stereocenters. The minimum absolute atomic E-state index is 0. The van der Waals surface area contributed by atoms with E-state index in [1.807, 2.05) is 0 Å². The van der Waals surface area contributed by atoms with Crippen LogP contribution < -0.4 is 10.6 Å². The monoisotopic (exact) mass is 342 g/mol. The number of rotatable bonds is 3. The SMILES string of the molecule is Cl.O=C(NC1CNCCC1c1ccc(F)c(F)c1)c1ccoc1. The summed E-state index contributed by atoms with van der Waals surface area (Å²) >= 11 is 0. The van der Waals surface area contributed by atoms with Gasteiger partial charge in [0.05, 0.1) is 11.8 Å². The third kappa shape index (κ3) is 3.89. The van der Waals surface area contributed by atoms with E-state index in [1.54, 1.807) is 12.1 Å². The van der Waals surface area contributed by atoms with Crippen molar-refractivity contribution in [1.82, 2.24) is 10.6 Å². The molecule has 3 rings (SSSR count). The molecule has 1 amide bonds. The van der Waals surface area contributed by atoms with Gasteiger partial charge in [0.15, 0.2) is 11.6 Å². The highest BCUT2D eigenvalue weighted by atomic mass is 35.5. The first-order valence-electron chi connectivity index (χ1n) is 7.14. The van der Waals surface area contributed by atoms with Gasteiger partial charge in [-0.05, 0) is 36.7 Å². The number of hydrogen-bond donors (Lipinski definition) is 2. The Morgan fingerprint density at radius 2 is 2.09 bits per heavy atom. The number of furan rings is 1. The van der Waals surface area contributed by atoms with Crippen LogP contribution in [0.4, 0.5) is 8.78 Å². The summed E-state index contributed by atoms with van der Waals surface area (Å²) in [5.41, 5.74) is 1.13. The van der Waals surface area contributed by atoms with Crippen LogP contribution in [0.3, 0.4) is 0 Å². The Morgan fingerprint density at radius 1 is 1.26 bits per heavy atom. The fraction of sp³-hybridized carbons (Fsp3) is 0.312. The van der Waals surface area contributed by atoms with Crippen LogP contribution in [-0.2, 0) is 0 Å². The highest BCUT2D eigenvalue weighted by molar-refractivity contribution is 5.94. The Morgan fingerprint density at radius 3 is 2.78 bits per heavy atom. The summed E-state index contributed by atoms with van der Waals surface area (Å²) in [6, 6.07) is 5.30. The van der Waals surface area contributed by atoms with Crippen molar-refractivity contribution in [2.24, 2.45) is 0 Å². The highest BCUT2D eigenvalue weighted by Crippen LogP contribution is 2.27. The zero-order valence-corrected chi connectivity index (χ0v) is 13.0. The second-order valence-electron chi connectivity index (χ2n) is 5.36. The lowest BCUT2D eigenvalue weighted by atomic mass is 9.86. The fourth-order valence-electron chi connectivity index (χ4n) is 2.80. The van der Waals surface area contributed by atoms with Gasteiger partial charge in [0.2, 0.25) is 0 Å². The van der Waals surface area contributed by atoms with Crippen LogP contribution >= 0.6 is 12.4 Å². The number of carbonyl (C=O) groups is 1. The lowest BCUT2D eigenvalue weighted by molar-refractivity contribution is 0.0924. The molecular formula is C16H17ClF2N2O2. The van der Waals surface area contributed by atoms with Gasteiger partial charge >= 0.3 is 0 Å². The van der Waals surface area contributed by atoms with Crippen LogP contribution in [-0.4, -0.2) is 25.0 Å². The van der Waals surface area contributed by atoms with Gasteiger partial charge in [0, 0.05) is 18.5 Å². The summed E-state index contributed by atoms with van der Waals surface area (Å²) in [4.78, 5) is 12.1. The number of hydrogen-bond acceptors (Lipinski definition) is 3. The minimum atomic E-state index is -0.865. The molecular weight excluding hydrogens is 326 g/mol. The Bertz CT molecular complexity index is 664. The van der Waals surface area contributed by atoms with Crippen LogP contribution in [0, 0.1) is 11.6 Å². The normalized spacial score (nSPS) is 20.6. The lowest BCUT2D eigenvalue weighted by Gasteiger charge is -2.33. The third-order valence-electron chi connectivity index (χ3n) is 3.95. The molecule has 0 aliphatic carbocycles. The van der Waals surface area contributed by atoms with Crippen LogP contribution in [0.2, 0.25) is 0 Å². The van der Waals surface area contributed by atoms with Crippen LogP contribution in [0.15, 0.2) is 41.2 Å². The molecule has 1 fully saturated rings. The smallest absolute Gasteiger partial charge is 0.254 e. The van der Waals surface area contributed by atoms with Crippen molar-refractivity contribution in [3.05, 3.63) is 59.6 Å². The zero-order chi connectivity index (χ0) is 15.5. The van der Waals surface area contributed by atoms with Crippen LogP contribution in [0.25, 0.3) is 0 Å². The molecule has 1 saturated heterocycles. The molecule has 0 saturated carbocycles. The predicted molar refractivity (Wildman–Crippen MR) is 83.8 cm³/mol. The van der Waals surface area contributed by atoms with Gasteiger partial charge in [-0.2, -0.15) is 0 Å². The van der Waals surface area contributed by atoms with Crippen molar-refractivity contribution >= 4 is 18.3 Å². The molecule has 0 spiro atoms. The molecule has 124 valence electrons. The summed E-state index contributed by atoms with van der Waals surface area (Å²) in [5, 5.41) is 6.13. The Balaban J connectivity index is 0.00000192. The van der Waals surface area contributed by atoms with Crippen molar-refractivity contribution in [2.75, 3.05) is 13.1 Å². The van der Waals surface area contributed by atoms with Crippen molar-refractivity contribution in [2.45, 2.75) is 18.4 Å². The molecule has 0 bridgehead atoms. The number of piperidine rings is 1. The van der Waals surface area contributed by atoms with Gasteiger partial charge in [0.25, 0.3) is 5.91 Å². The lowest BCUT2D eigenvalue weighted by Crippen LogP contribution is -2.50. The summed E-state index contributed by atoms with van der Waals surface area (Å²) in [6.07, 6.45) is 3.54. The summed E-state index contributed by atoms with van der Waals surface area (Å²) < 4.78 is 31.4. The van der Waals surface area contributed by atoms with Crippen LogP contribution in [0.5, 0.6) is 0 Å². The van der Waals surface area contributed by atoms with Crippen molar-refractivity contribution < 1.29 is 18.0 Å². The standard InChI is InChI=1S/C16H16F2N2O2.ClH/c17-13-2-1-10(7-14(13)18)12-3-5-19-8-15(12)20-16(21)11-4-6-22-9-11;/h1-2,4,6-7,9,12,15,19H,3,5,8H2,(H,20,21);1H. The van der Waals surface area contributed by atoms with Crippen molar-refractivity contribution in [3.63, 3.8) is 0 Å².